The topological polar surface area (TPSA) is 9.23 Å². The van der Waals surface area contributed by atoms with Crippen molar-refractivity contribution in [3.63, 3.8) is 0 Å². The zero-order valence-electron chi connectivity index (χ0n) is 12.2. The van der Waals surface area contributed by atoms with E-state index in [2.05, 4.69) is 26.0 Å². The summed E-state index contributed by atoms with van der Waals surface area (Å²) in [6.07, 6.45) is 16.6. The molecule has 0 atom stereocenters. The summed E-state index contributed by atoms with van der Waals surface area (Å²) in [7, 11) is 0. The predicted molar refractivity (Wildman–Crippen MR) is 77.6 cm³/mol. The van der Waals surface area contributed by atoms with E-state index in [1.165, 1.54) is 51.4 Å². The first-order valence-corrected chi connectivity index (χ1v) is 8.07. The van der Waals surface area contributed by atoms with Crippen molar-refractivity contribution >= 4 is 0 Å². The third-order valence-corrected chi connectivity index (χ3v) is 4.84. The Hall–Kier alpha value is -0.300. The normalized spacial score (nSPS) is 38.1. The van der Waals surface area contributed by atoms with Gasteiger partial charge in [-0.3, -0.25) is 0 Å². The molecule has 1 nitrogen and oxygen atoms in total. The second-order valence-corrected chi connectivity index (χ2v) is 6.40. The van der Waals surface area contributed by atoms with E-state index >= 15 is 0 Å². The molecule has 0 N–H and O–H groups in total. The third kappa shape index (κ3) is 4.42. The van der Waals surface area contributed by atoms with Gasteiger partial charge in [-0.05, 0) is 63.2 Å². The van der Waals surface area contributed by atoms with Gasteiger partial charge in [0, 0.05) is 6.61 Å². The van der Waals surface area contributed by atoms with Crippen LogP contribution in [0.4, 0.5) is 0 Å². The van der Waals surface area contributed by atoms with Crippen LogP contribution in [0.1, 0.15) is 65.2 Å². The second kappa shape index (κ2) is 7.33. The number of hydrogen-bond donors (Lipinski definition) is 0. The van der Waals surface area contributed by atoms with Gasteiger partial charge in [0.2, 0.25) is 0 Å². The maximum atomic E-state index is 5.71. The minimum absolute atomic E-state index is 0.551. The van der Waals surface area contributed by atoms with E-state index in [0.29, 0.717) is 6.10 Å². The summed E-state index contributed by atoms with van der Waals surface area (Å²) in [5.41, 5.74) is 0. The average Bonchev–Trinajstić information content (AvgIpc) is 2.40. The molecule has 0 bridgehead atoms. The minimum atomic E-state index is 0.551. The van der Waals surface area contributed by atoms with Crippen LogP contribution in [0.3, 0.4) is 0 Å². The van der Waals surface area contributed by atoms with Crippen LogP contribution in [0, 0.1) is 17.8 Å². The van der Waals surface area contributed by atoms with Crippen LogP contribution in [0.25, 0.3) is 0 Å². The molecule has 0 aromatic carbocycles. The zero-order valence-corrected chi connectivity index (χ0v) is 12.2. The number of allylic oxidation sites excluding steroid dienone is 2. The van der Waals surface area contributed by atoms with E-state index in [9.17, 15) is 0 Å². The summed E-state index contributed by atoms with van der Waals surface area (Å²) in [6, 6.07) is 0. The maximum Gasteiger partial charge on any atom is 0.0575 e. The van der Waals surface area contributed by atoms with Gasteiger partial charge in [-0.1, -0.05) is 31.9 Å². The van der Waals surface area contributed by atoms with Gasteiger partial charge in [-0.25, -0.2) is 0 Å². The van der Waals surface area contributed by atoms with E-state index in [4.69, 9.17) is 4.74 Å². The van der Waals surface area contributed by atoms with Crippen LogP contribution in [0.15, 0.2) is 12.2 Å². The lowest BCUT2D eigenvalue weighted by molar-refractivity contribution is 0.0302. The van der Waals surface area contributed by atoms with E-state index < -0.39 is 0 Å². The predicted octanol–water partition coefficient (Wildman–Crippen LogP) is 4.96. The van der Waals surface area contributed by atoms with Gasteiger partial charge in [-0.15, -0.1) is 0 Å². The van der Waals surface area contributed by atoms with Crippen LogP contribution >= 0.6 is 0 Å². The Morgan fingerprint density at radius 2 is 1.33 bits per heavy atom. The van der Waals surface area contributed by atoms with Crippen molar-refractivity contribution in [1.82, 2.24) is 0 Å². The monoisotopic (exact) mass is 250 g/mol. The summed E-state index contributed by atoms with van der Waals surface area (Å²) >= 11 is 0. The van der Waals surface area contributed by atoms with E-state index in [-0.39, 0.29) is 0 Å². The molecule has 2 fully saturated rings. The smallest absolute Gasteiger partial charge is 0.0575 e. The standard InChI is InChI=1S/C17H30O/c1-3-18-17-12-10-16(11-13-17)9-8-15-6-4-14(2)5-7-15/h8-9,14-17H,3-7,10-13H2,1-2H3/b9-8+. The first kappa shape index (κ1) is 14.1. The van der Waals surface area contributed by atoms with Crippen molar-refractivity contribution in [2.24, 2.45) is 17.8 Å². The number of rotatable bonds is 4. The largest absolute Gasteiger partial charge is 0.379 e. The first-order chi connectivity index (χ1) is 8.78. The summed E-state index contributed by atoms with van der Waals surface area (Å²) in [6.45, 7) is 5.39. The van der Waals surface area contributed by atoms with Crippen molar-refractivity contribution in [2.45, 2.75) is 71.3 Å². The van der Waals surface area contributed by atoms with Crippen LogP contribution in [0.2, 0.25) is 0 Å². The molecule has 2 rings (SSSR count). The molecule has 18 heavy (non-hydrogen) atoms. The Kier molecular flexibility index (Phi) is 5.75. The highest BCUT2D eigenvalue weighted by molar-refractivity contribution is 4.96. The molecule has 0 aliphatic heterocycles. The van der Waals surface area contributed by atoms with Crippen LogP contribution in [-0.2, 0) is 4.74 Å². The van der Waals surface area contributed by atoms with Gasteiger partial charge in [-0.2, -0.15) is 0 Å². The highest BCUT2D eigenvalue weighted by atomic mass is 16.5. The average molecular weight is 250 g/mol. The Bertz CT molecular complexity index is 242. The van der Waals surface area contributed by atoms with Gasteiger partial charge >= 0.3 is 0 Å². The zero-order chi connectivity index (χ0) is 12.8. The molecule has 2 aliphatic carbocycles. The second-order valence-electron chi connectivity index (χ2n) is 6.40. The van der Waals surface area contributed by atoms with Crippen LogP contribution in [-0.4, -0.2) is 12.7 Å². The fraction of sp³-hybridized carbons (Fsp3) is 0.882. The van der Waals surface area contributed by atoms with Crippen molar-refractivity contribution in [2.75, 3.05) is 6.61 Å². The molecule has 2 aliphatic rings. The van der Waals surface area contributed by atoms with E-state index in [1.807, 2.05) is 0 Å². The van der Waals surface area contributed by atoms with Crippen LogP contribution in [0.5, 0.6) is 0 Å². The van der Waals surface area contributed by atoms with E-state index in [0.717, 1.165) is 24.4 Å². The van der Waals surface area contributed by atoms with Gasteiger partial charge in [0.05, 0.1) is 6.10 Å². The fourth-order valence-electron chi connectivity index (χ4n) is 3.48. The molecule has 0 spiro atoms. The highest BCUT2D eigenvalue weighted by Gasteiger charge is 2.20. The van der Waals surface area contributed by atoms with Gasteiger partial charge in [0.1, 0.15) is 0 Å². The van der Waals surface area contributed by atoms with Crippen molar-refractivity contribution in [3.05, 3.63) is 12.2 Å². The molecule has 104 valence electrons. The molecular formula is C17H30O. The third-order valence-electron chi connectivity index (χ3n) is 4.84. The molecule has 0 aromatic heterocycles. The Balaban J connectivity index is 1.67. The Morgan fingerprint density at radius 1 is 0.833 bits per heavy atom. The summed E-state index contributed by atoms with van der Waals surface area (Å²) in [5.74, 6) is 2.68. The molecule has 0 saturated heterocycles. The Labute approximate surface area is 113 Å². The van der Waals surface area contributed by atoms with Gasteiger partial charge < -0.3 is 4.74 Å². The Morgan fingerprint density at radius 3 is 1.83 bits per heavy atom. The lowest BCUT2D eigenvalue weighted by Crippen LogP contribution is -2.21. The van der Waals surface area contributed by atoms with E-state index in [1.54, 1.807) is 0 Å². The maximum absolute atomic E-state index is 5.71. The van der Waals surface area contributed by atoms with Gasteiger partial charge in [0.15, 0.2) is 0 Å². The molecule has 0 aromatic rings. The lowest BCUT2D eigenvalue weighted by Gasteiger charge is -2.27. The highest BCUT2D eigenvalue weighted by Crippen LogP contribution is 2.31. The minimum Gasteiger partial charge on any atom is -0.379 e. The number of hydrogen-bond acceptors (Lipinski definition) is 1. The lowest BCUT2D eigenvalue weighted by atomic mass is 9.81. The first-order valence-electron chi connectivity index (χ1n) is 8.07. The van der Waals surface area contributed by atoms with Crippen molar-refractivity contribution in [1.29, 1.82) is 0 Å². The summed E-state index contributed by atoms with van der Waals surface area (Å²) in [5, 5.41) is 0. The fourth-order valence-corrected chi connectivity index (χ4v) is 3.48. The SMILES string of the molecule is CCOC1CCC(/C=C/C2CCC(C)CC2)CC1. The summed E-state index contributed by atoms with van der Waals surface area (Å²) in [4.78, 5) is 0. The summed E-state index contributed by atoms with van der Waals surface area (Å²) < 4.78 is 5.71. The molecule has 1 heteroatoms. The van der Waals surface area contributed by atoms with Gasteiger partial charge in [0.25, 0.3) is 0 Å². The quantitative estimate of drug-likeness (QED) is 0.640. The molecule has 0 radical (unpaired) electrons. The molecular weight excluding hydrogens is 220 g/mol. The molecule has 0 amide bonds. The van der Waals surface area contributed by atoms with Crippen LogP contribution < -0.4 is 0 Å². The number of ether oxygens (including phenoxy) is 1. The molecule has 0 unspecified atom stereocenters. The van der Waals surface area contributed by atoms with Crippen molar-refractivity contribution in [3.8, 4) is 0 Å². The molecule has 0 heterocycles. The van der Waals surface area contributed by atoms with Crippen molar-refractivity contribution < 1.29 is 4.74 Å². The molecule has 2 saturated carbocycles.